The largest absolute Gasteiger partial charge is 0.330 e. The Morgan fingerprint density at radius 1 is 1.54 bits per heavy atom. The molecule has 0 fully saturated rings. The zero-order valence-electron chi connectivity index (χ0n) is 8.16. The van der Waals surface area contributed by atoms with Crippen LogP contribution in [0.5, 0.6) is 0 Å². The molecule has 0 amide bonds. The fraction of sp³-hybridized carbons (Fsp3) is 0.889. The van der Waals surface area contributed by atoms with Gasteiger partial charge in [-0.05, 0) is 25.3 Å². The first kappa shape index (κ1) is 12.6. The van der Waals surface area contributed by atoms with Crippen LogP contribution in [-0.2, 0) is 10.8 Å². The van der Waals surface area contributed by atoms with Crippen molar-refractivity contribution in [1.82, 2.24) is 0 Å². The molecule has 0 radical (unpaired) electrons. The van der Waals surface area contributed by atoms with Crippen molar-refractivity contribution in [3.05, 3.63) is 0 Å². The van der Waals surface area contributed by atoms with E-state index >= 15 is 0 Å². The molecule has 0 aromatic rings. The molecule has 0 saturated carbocycles. The Labute approximate surface area is 82.8 Å². The maximum Gasteiger partial charge on any atom is 0.0621 e. The molecule has 13 heavy (non-hydrogen) atoms. The van der Waals surface area contributed by atoms with E-state index in [-0.39, 0.29) is 0 Å². The van der Waals surface area contributed by atoms with Crippen LogP contribution < -0.4 is 5.73 Å². The highest BCUT2D eigenvalue weighted by molar-refractivity contribution is 7.84. The van der Waals surface area contributed by atoms with Crippen molar-refractivity contribution in [3.63, 3.8) is 0 Å². The minimum Gasteiger partial charge on any atom is -0.330 e. The minimum atomic E-state index is -0.743. The van der Waals surface area contributed by atoms with Crippen molar-refractivity contribution in [2.45, 2.75) is 26.2 Å². The molecule has 0 rings (SSSR count). The molecule has 0 heterocycles. The van der Waals surface area contributed by atoms with Crippen LogP contribution in [0.15, 0.2) is 0 Å². The molecule has 3 nitrogen and oxygen atoms in total. The Bertz CT molecular complexity index is 189. The normalized spacial score (nSPS) is 14.8. The van der Waals surface area contributed by atoms with Crippen LogP contribution >= 0.6 is 0 Å². The van der Waals surface area contributed by atoms with Gasteiger partial charge in [-0.2, -0.15) is 5.26 Å². The van der Waals surface area contributed by atoms with E-state index in [1.807, 2.05) is 6.92 Å². The molecule has 0 aromatic carbocycles. The lowest BCUT2D eigenvalue weighted by Crippen LogP contribution is -2.18. The molecule has 0 aliphatic rings. The van der Waals surface area contributed by atoms with Gasteiger partial charge >= 0.3 is 0 Å². The smallest absolute Gasteiger partial charge is 0.0621 e. The van der Waals surface area contributed by atoms with Gasteiger partial charge in [0.05, 0.1) is 6.07 Å². The van der Waals surface area contributed by atoms with E-state index in [0.29, 0.717) is 30.4 Å². The summed E-state index contributed by atoms with van der Waals surface area (Å²) in [6, 6.07) is 2.07. The molecule has 4 heteroatoms. The van der Waals surface area contributed by atoms with Crippen molar-refractivity contribution < 1.29 is 4.21 Å². The Kier molecular flexibility index (Phi) is 7.96. The third-order valence-electron chi connectivity index (χ3n) is 1.78. The number of rotatable bonds is 7. The molecular weight excluding hydrogens is 184 g/mol. The standard InChI is InChI=1S/C9H18N2OS/c1-9(7-11)8-13(12)6-4-2-3-5-10/h9H,2-4,6-8,11H2,1H3. The van der Waals surface area contributed by atoms with Crippen molar-refractivity contribution >= 4 is 10.8 Å². The first-order valence-corrected chi connectivity index (χ1v) is 6.11. The number of nitrogens with zero attached hydrogens (tertiary/aromatic N) is 1. The van der Waals surface area contributed by atoms with Crippen LogP contribution in [0.2, 0.25) is 0 Å². The van der Waals surface area contributed by atoms with Crippen LogP contribution in [-0.4, -0.2) is 22.3 Å². The second kappa shape index (κ2) is 8.21. The van der Waals surface area contributed by atoms with Gasteiger partial charge in [-0.25, -0.2) is 0 Å². The van der Waals surface area contributed by atoms with Crippen LogP contribution in [0.4, 0.5) is 0 Å². The Hall–Kier alpha value is -0.400. The van der Waals surface area contributed by atoms with Gasteiger partial charge in [0, 0.05) is 28.7 Å². The summed E-state index contributed by atoms with van der Waals surface area (Å²) >= 11 is 0. The fourth-order valence-corrected chi connectivity index (χ4v) is 2.40. The van der Waals surface area contributed by atoms with Crippen molar-refractivity contribution in [2.24, 2.45) is 11.7 Å². The summed E-state index contributed by atoms with van der Waals surface area (Å²) in [4.78, 5) is 0. The van der Waals surface area contributed by atoms with Gasteiger partial charge < -0.3 is 5.73 Å². The topological polar surface area (TPSA) is 66.9 Å². The zero-order valence-corrected chi connectivity index (χ0v) is 8.98. The van der Waals surface area contributed by atoms with Gasteiger partial charge in [-0.1, -0.05) is 6.92 Å². The first-order valence-electron chi connectivity index (χ1n) is 4.62. The number of nitrogens with two attached hydrogens (primary N) is 1. The maximum atomic E-state index is 11.3. The van der Waals surface area contributed by atoms with E-state index in [1.54, 1.807) is 0 Å². The van der Waals surface area contributed by atoms with E-state index in [1.165, 1.54) is 0 Å². The average Bonchev–Trinajstić information content (AvgIpc) is 2.12. The van der Waals surface area contributed by atoms with Crippen molar-refractivity contribution in [2.75, 3.05) is 18.1 Å². The van der Waals surface area contributed by atoms with E-state index in [4.69, 9.17) is 11.0 Å². The molecule has 2 unspecified atom stereocenters. The summed E-state index contributed by atoms with van der Waals surface area (Å²) in [5.41, 5.74) is 5.42. The van der Waals surface area contributed by atoms with Gasteiger partial charge in [0.2, 0.25) is 0 Å². The lowest BCUT2D eigenvalue weighted by Gasteiger charge is -2.06. The average molecular weight is 202 g/mol. The van der Waals surface area contributed by atoms with Crippen LogP contribution in [0.1, 0.15) is 26.2 Å². The summed E-state index contributed by atoms with van der Waals surface area (Å²) in [7, 11) is -0.743. The summed E-state index contributed by atoms with van der Waals surface area (Å²) in [6.45, 7) is 2.61. The summed E-state index contributed by atoms with van der Waals surface area (Å²) in [5, 5.41) is 8.27. The highest BCUT2D eigenvalue weighted by Crippen LogP contribution is 2.00. The van der Waals surface area contributed by atoms with Crippen LogP contribution in [0, 0.1) is 17.2 Å². The Morgan fingerprint density at radius 2 is 2.23 bits per heavy atom. The molecule has 0 saturated heterocycles. The molecule has 76 valence electrons. The molecule has 0 spiro atoms. The summed E-state index contributed by atoms with van der Waals surface area (Å²) < 4.78 is 11.3. The Morgan fingerprint density at radius 3 is 2.77 bits per heavy atom. The monoisotopic (exact) mass is 202 g/mol. The molecular formula is C9H18N2OS. The van der Waals surface area contributed by atoms with Gasteiger partial charge in [0.15, 0.2) is 0 Å². The van der Waals surface area contributed by atoms with Gasteiger partial charge in [0.1, 0.15) is 0 Å². The molecule has 2 N–H and O–H groups in total. The number of hydrogen-bond acceptors (Lipinski definition) is 3. The van der Waals surface area contributed by atoms with Crippen LogP contribution in [0.3, 0.4) is 0 Å². The highest BCUT2D eigenvalue weighted by Gasteiger charge is 2.05. The number of nitriles is 1. The lowest BCUT2D eigenvalue weighted by atomic mass is 10.2. The van der Waals surface area contributed by atoms with E-state index in [9.17, 15) is 4.21 Å². The summed E-state index contributed by atoms with van der Waals surface area (Å²) in [5.74, 6) is 1.76. The minimum absolute atomic E-state index is 0.344. The zero-order chi connectivity index (χ0) is 10.1. The second-order valence-corrected chi connectivity index (χ2v) is 4.89. The molecule has 0 bridgehead atoms. The predicted octanol–water partition coefficient (Wildman–Crippen LogP) is 1.02. The third-order valence-corrected chi connectivity index (χ3v) is 3.47. The SMILES string of the molecule is CC(CN)CS(=O)CCCCC#N. The van der Waals surface area contributed by atoms with E-state index in [2.05, 4.69) is 6.07 Å². The van der Waals surface area contributed by atoms with Gasteiger partial charge in [-0.3, -0.25) is 4.21 Å². The van der Waals surface area contributed by atoms with Crippen LogP contribution in [0.25, 0.3) is 0 Å². The van der Waals surface area contributed by atoms with Gasteiger partial charge in [0.25, 0.3) is 0 Å². The molecule has 0 aromatic heterocycles. The quantitative estimate of drug-likeness (QED) is 0.627. The second-order valence-electron chi connectivity index (χ2n) is 3.27. The molecule has 0 aliphatic heterocycles. The predicted molar refractivity (Wildman–Crippen MR) is 55.6 cm³/mol. The lowest BCUT2D eigenvalue weighted by molar-refractivity contribution is 0.638. The highest BCUT2D eigenvalue weighted by atomic mass is 32.2. The third kappa shape index (κ3) is 7.94. The number of unbranched alkanes of at least 4 members (excludes halogenated alkanes) is 2. The first-order chi connectivity index (χ1) is 6.20. The van der Waals surface area contributed by atoms with E-state index in [0.717, 1.165) is 12.8 Å². The molecule has 0 aliphatic carbocycles. The maximum absolute atomic E-state index is 11.3. The van der Waals surface area contributed by atoms with Crippen molar-refractivity contribution in [3.8, 4) is 6.07 Å². The Balaban J connectivity index is 3.36. The van der Waals surface area contributed by atoms with Gasteiger partial charge in [-0.15, -0.1) is 0 Å². The summed E-state index contributed by atoms with van der Waals surface area (Å²) in [6.07, 6.45) is 2.32. The number of hydrogen-bond donors (Lipinski definition) is 1. The van der Waals surface area contributed by atoms with E-state index < -0.39 is 10.8 Å². The molecule has 2 atom stereocenters. The fourth-order valence-electron chi connectivity index (χ4n) is 0.936. The van der Waals surface area contributed by atoms with Crippen molar-refractivity contribution in [1.29, 1.82) is 5.26 Å².